The van der Waals surface area contributed by atoms with Crippen molar-refractivity contribution in [2.45, 2.75) is 25.9 Å². The number of aryl methyl sites for hydroxylation is 1. The van der Waals surface area contributed by atoms with Crippen LogP contribution in [0.4, 0.5) is 5.82 Å². The van der Waals surface area contributed by atoms with Gasteiger partial charge in [0.05, 0.1) is 10.0 Å². The summed E-state index contributed by atoms with van der Waals surface area (Å²) in [4.78, 5) is 4.48. The van der Waals surface area contributed by atoms with Crippen LogP contribution in [-0.4, -0.2) is 37.2 Å². The molecular formula is C20H27Cl2N5. The van der Waals surface area contributed by atoms with Gasteiger partial charge in [0.1, 0.15) is 5.82 Å². The van der Waals surface area contributed by atoms with E-state index in [9.17, 15) is 0 Å². The summed E-state index contributed by atoms with van der Waals surface area (Å²) in [6.45, 7) is 6.62. The van der Waals surface area contributed by atoms with Crippen LogP contribution < -0.4 is 21.7 Å². The van der Waals surface area contributed by atoms with Crippen LogP contribution in [-0.2, 0) is 13.0 Å². The maximum absolute atomic E-state index is 6.05. The third kappa shape index (κ3) is 6.06. The first-order valence-electron chi connectivity index (χ1n) is 9.33. The van der Waals surface area contributed by atoms with E-state index >= 15 is 0 Å². The third-order valence-electron chi connectivity index (χ3n) is 4.88. The first-order valence-corrected chi connectivity index (χ1v) is 10.1. The van der Waals surface area contributed by atoms with Gasteiger partial charge in [0, 0.05) is 37.9 Å². The van der Waals surface area contributed by atoms with Crippen molar-refractivity contribution >= 4 is 29.0 Å². The Bertz CT molecular complexity index is 748. The molecule has 7 heteroatoms. The fourth-order valence-corrected chi connectivity index (χ4v) is 3.88. The summed E-state index contributed by atoms with van der Waals surface area (Å²) in [5.41, 5.74) is 9.25. The van der Waals surface area contributed by atoms with Crippen molar-refractivity contribution in [3.63, 3.8) is 0 Å². The van der Waals surface area contributed by atoms with E-state index in [-0.39, 0.29) is 0 Å². The van der Waals surface area contributed by atoms with Crippen molar-refractivity contribution in [3.8, 4) is 0 Å². The number of benzene rings is 1. The molecule has 2 aromatic rings. The zero-order valence-electron chi connectivity index (χ0n) is 15.6. The van der Waals surface area contributed by atoms with Crippen LogP contribution in [0.1, 0.15) is 16.8 Å². The number of halogens is 2. The zero-order chi connectivity index (χ0) is 19.2. The summed E-state index contributed by atoms with van der Waals surface area (Å²) >= 11 is 12.0. The molecule has 2 atom stereocenters. The number of hydrogen-bond acceptors (Lipinski definition) is 5. The molecule has 1 aliphatic rings. The van der Waals surface area contributed by atoms with Crippen LogP contribution in [0.25, 0.3) is 0 Å². The molecule has 5 N–H and O–H groups in total. The molecule has 1 aliphatic heterocycles. The van der Waals surface area contributed by atoms with Gasteiger partial charge >= 0.3 is 0 Å². The summed E-state index contributed by atoms with van der Waals surface area (Å²) in [6.07, 6.45) is 0.938. The van der Waals surface area contributed by atoms with Crippen LogP contribution >= 0.6 is 23.2 Å². The van der Waals surface area contributed by atoms with Gasteiger partial charge in [-0.3, -0.25) is 0 Å². The average molecular weight is 408 g/mol. The molecule has 0 saturated carbocycles. The van der Waals surface area contributed by atoms with E-state index in [1.165, 1.54) is 5.56 Å². The first-order chi connectivity index (χ1) is 13.0. The van der Waals surface area contributed by atoms with Gasteiger partial charge in [0.25, 0.3) is 0 Å². The van der Waals surface area contributed by atoms with E-state index in [2.05, 4.69) is 33.9 Å². The Balaban J connectivity index is 1.41. The minimum absolute atomic E-state index is 0.445. The number of nitrogens with two attached hydrogens (primary N) is 1. The number of rotatable bonds is 8. The molecule has 1 aromatic heterocycles. The molecule has 146 valence electrons. The lowest BCUT2D eigenvalue weighted by Crippen LogP contribution is -2.40. The molecule has 1 fully saturated rings. The molecule has 0 bridgehead atoms. The Morgan fingerprint density at radius 2 is 2.00 bits per heavy atom. The van der Waals surface area contributed by atoms with Gasteiger partial charge < -0.3 is 21.7 Å². The molecular weight excluding hydrogens is 381 g/mol. The highest BCUT2D eigenvalue weighted by atomic mass is 35.5. The summed E-state index contributed by atoms with van der Waals surface area (Å²) in [5, 5.41) is 11.8. The van der Waals surface area contributed by atoms with Gasteiger partial charge in [-0.1, -0.05) is 29.3 Å². The van der Waals surface area contributed by atoms with Gasteiger partial charge in [0.2, 0.25) is 0 Å². The van der Waals surface area contributed by atoms with Crippen LogP contribution in [0.15, 0.2) is 30.3 Å². The lowest BCUT2D eigenvalue weighted by Gasteiger charge is -2.20. The van der Waals surface area contributed by atoms with E-state index in [1.807, 2.05) is 24.3 Å². The lowest BCUT2D eigenvalue weighted by molar-refractivity contribution is 0.419. The van der Waals surface area contributed by atoms with Crippen molar-refractivity contribution in [2.24, 2.45) is 5.92 Å². The lowest BCUT2D eigenvalue weighted by atomic mass is 9.97. The molecule has 27 heavy (non-hydrogen) atoms. The molecule has 0 aliphatic carbocycles. The standard InChI is InChI=1S/C20H27Cl2N5/c1-13-6-16(27-20(23)7-13)9-15-11-25-12-19(15)26-5-4-24-10-14-2-3-17(21)18(22)8-14/h2-3,6-8,15,19,24-26H,4-5,9-12H2,1H3,(H2,23,27)/t15-,19+/m0/s1. The van der Waals surface area contributed by atoms with E-state index < -0.39 is 0 Å². The smallest absolute Gasteiger partial charge is 0.123 e. The van der Waals surface area contributed by atoms with Crippen LogP contribution in [0, 0.1) is 12.8 Å². The predicted octanol–water partition coefficient (Wildman–Crippen LogP) is 2.79. The van der Waals surface area contributed by atoms with Crippen molar-refractivity contribution in [1.82, 2.24) is 20.9 Å². The second kappa shape index (κ2) is 9.71. The first kappa shape index (κ1) is 20.4. The summed E-state index contributed by atoms with van der Waals surface area (Å²) in [5.74, 6) is 1.13. The van der Waals surface area contributed by atoms with Crippen LogP contribution in [0.3, 0.4) is 0 Å². The molecule has 0 radical (unpaired) electrons. The second-order valence-electron chi connectivity index (χ2n) is 7.17. The number of nitrogen functional groups attached to an aromatic ring is 1. The monoisotopic (exact) mass is 407 g/mol. The molecule has 0 spiro atoms. The highest BCUT2D eigenvalue weighted by molar-refractivity contribution is 6.42. The number of aromatic nitrogens is 1. The number of pyridine rings is 1. The van der Waals surface area contributed by atoms with Crippen LogP contribution in [0.5, 0.6) is 0 Å². The number of anilines is 1. The molecule has 0 amide bonds. The van der Waals surface area contributed by atoms with E-state index in [0.717, 1.165) is 50.4 Å². The maximum Gasteiger partial charge on any atom is 0.123 e. The van der Waals surface area contributed by atoms with E-state index in [0.29, 0.717) is 27.8 Å². The van der Waals surface area contributed by atoms with E-state index in [4.69, 9.17) is 28.9 Å². The fraction of sp³-hybridized carbons (Fsp3) is 0.450. The summed E-state index contributed by atoms with van der Waals surface area (Å²) in [6, 6.07) is 10.2. The fourth-order valence-electron chi connectivity index (χ4n) is 3.56. The molecule has 2 heterocycles. The normalized spacial score (nSPS) is 19.5. The van der Waals surface area contributed by atoms with Gasteiger partial charge in [-0.05, 0) is 61.2 Å². The van der Waals surface area contributed by atoms with Crippen LogP contribution in [0.2, 0.25) is 10.0 Å². The largest absolute Gasteiger partial charge is 0.384 e. The predicted molar refractivity (Wildman–Crippen MR) is 113 cm³/mol. The van der Waals surface area contributed by atoms with Gasteiger partial charge in [0.15, 0.2) is 0 Å². The highest BCUT2D eigenvalue weighted by Crippen LogP contribution is 2.22. The summed E-state index contributed by atoms with van der Waals surface area (Å²) in [7, 11) is 0. The Labute approximate surface area is 171 Å². The number of nitrogens with one attached hydrogen (secondary N) is 3. The zero-order valence-corrected chi connectivity index (χ0v) is 17.1. The SMILES string of the molecule is Cc1cc(N)nc(C[C@H]2CNC[C@H]2NCCNCc2ccc(Cl)c(Cl)c2)c1. The molecule has 3 rings (SSSR count). The van der Waals surface area contributed by atoms with Crippen molar-refractivity contribution < 1.29 is 0 Å². The average Bonchev–Trinajstić information content (AvgIpc) is 3.04. The van der Waals surface area contributed by atoms with Crippen molar-refractivity contribution in [3.05, 3.63) is 57.2 Å². The topological polar surface area (TPSA) is 75.0 Å². The molecule has 0 unspecified atom stereocenters. The number of nitrogens with zero attached hydrogens (tertiary/aromatic N) is 1. The van der Waals surface area contributed by atoms with Gasteiger partial charge in [-0.15, -0.1) is 0 Å². The Hall–Kier alpha value is -1.37. The minimum atomic E-state index is 0.445. The Kier molecular flexibility index (Phi) is 7.33. The van der Waals surface area contributed by atoms with E-state index in [1.54, 1.807) is 0 Å². The molecule has 1 aromatic carbocycles. The van der Waals surface area contributed by atoms with Gasteiger partial charge in [-0.25, -0.2) is 4.98 Å². The Morgan fingerprint density at radius 1 is 1.15 bits per heavy atom. The third-order valence-corrected chi connectivity index (χ3v) is 5.61. The highest BCUT2D eigenvalue weighted by Gasteiger charge is 2.27. The second-order valence-corrected chi connectivity index (χ2v) is 7.98. The molecule has 5 nitrogen and oxygen atoms in total. The molecule has 1 saturated heterocycles. The Morgan fingerprint density at radius 3 is 2.78 bits per heavy atom. The van der Waals surface area contributed by atoms with Crippen molar-refractivity contribution in [1.29, 1.82) is 0 Å². The van der Waals surface area contributed by atoms with Crippen molar-refractivity contribution in [2.75, 3.05) is 31.9 Å². The maximum atomic E-state index is 6.05. The van der Waals surface area contributed by atoms with Gasteiger partial charge in [-0.2, -0.15) is 0 Å². The minimum Gasteiger partial charge on any atom is -0.384 e. The number of hydrogen-bond donors (Lipinski definition) is 4. The quantitative estimate of drug-likeness (QED) is 0.506. The summed E-state index contributed by atoms with van der Waals surface area (Å²) < 4.78 is 0.